The van der Waals surface area contributed by atoms with Gasteiger partial charge in [0.05, 0.1) is 17.7 Å². The molecule has 1 aliphatic rings. The fourth-order valence-corrected chi connectivity index (χ4v) is 2.71. The van der Waals surface area contributed by atoms with Crippen molar-refractivity contribution >= 4 is 28.1 Å². The van der Waals surface area contributed by atoms with Crippen LogP contribution < -0.4 is 10.5 Å². The minimum atomic E-state index is 0.315. The molecule has 2 heterocycles. The molecule has 0 aliphatic carbocycles. The van der Waals surface area contributed by atoms with Crippen molar-refractivity contribution in [3.63, 3.8) is 0 Å². The van der Waals surface area contributed by atoms with Crippen LogP contribution in [0.15, 0.2) is 30.5 Å². The topological polar surface area (TPSA) is 57.4 Å². The maximum atomic E-state index is 6.09. The van der Waals surface area contributed by atoms with Crippen LogP contribution in [-0.2, 0) is 4.74 Å². The molecule has 21 heavy (non-hydrogen) atoms. The second-order valence-corrected chi connectivity index (χ2v) is 5.69. The summed E-state index contributed by atoms with van der Waals surface area (Å²) in [5.41, 5.74) is 7.40. The van der Waals surface area contributed by atoms with Crippen LogP contribution in [-0.4, -0.2) is 29.8 Å². The van der Waals surface area contributed by atoms with Crippen molar-refractivity contribution in [2.45, 2.75) is 12.8 Å². The molecule has 1 aromatic heterocycles. The van der Waals surface area contributed by atoms with Gasteiger partial charge in [-0.15, -0.1) is 0 Å². The maximum Gasteiger partial charge on any atom is 0.140 e. The van der Waals surface area contributed by atoms with E-state index in [0.29, 0.717) is 23.1 Å². The first-order valence-electron chi connectivity index (χ1n) is 7.14. The molecule has 1 aromatic carbocycles. The third-order valence-corrected chi connectivity index (χ3v) is 4.02. The second-order valence-electron chi connectivity index (χ2n) is 5.25. The van der Waals surface area contributed by atoms with E-state index in [2.05, 4.69) is 4.98 Å². The number of benzene rings is 1. The van der Waals surface area contributed by atoms with Crippen LogP contribution in [0.3, 0.4) is 0 Å². The highest BCUT2D eigenvalue weighted by molar-refractivity contribution is 7.80. The number of nitrogens with two attached hydrogens (primary N) is 1. The summed E-state index contributed by atoms with van der Waals surface area (Å²) in [7, 11) is 0. The van der Waals surface area contributed by atoms with Gasteiger partial charge in [-0.25, -0.2) is 0 Å². The van der Waals surface area contributed by atoms with Gasteiger partial charge in [0.2, 0.25) is 0 Å². The lowest BCUT2D eigenvalue weighted by Gasteiger charge is -2.23. The average Bonchev–Trinajstić information content (AvgIpc) is 2.53. The first-order valence-corrected chi connectivity index (χ1v) is 7.54. The smallest absolute Gasteiger partial charge is 0.140 e. The number of hydrogen-bond donors (Lipinski definition) is 1. The zero-order valence-electron chi connectivity index (χ0n) is 11.7. The molecule has 1 saturated heterocycles. The molecular formula is C16H18N2O2S. The lowest BCUT2D eigenvalue weighted by molar-refractivity contribution is 0.0499. The molecule has 0 amide bonds. The largest absolute Gasteiger partial charge is 0.492 e. The van der Waals surface area contributed by atoms with Crippen LogP contribution in [0.4, 0.5) is 0 Å². The van der Waals surface area contributed by atoms with Gasteiger partial charge in [-0.2, -0.15) is 0 Å². The molecule has 2 aromatic rings. The number of rotatable bonds is 4. The Morgan fingerprint density at radius 1 is 1.33 bits per heavy atom. The van der Waals surface area contributed by atoms with Crippen LogP contribution in [0.2, 0.25) is 0 Å². The summed E-state index contributed by atoms with van der Waals surface area (Å²) in [6.07, 6.45) is 3.76. The number of ether oxygens (including phenoxy) is 2. The van der Waals surface area contributed by atoms with Crippen LogP contribution >= 0.6 is 12.2 Å². The first kappa shape index (κ1) is 14.2. The van der Waals surface area contributed by atoms with Crippen molar-refractivity contribution in [3.8, 4) is 5.75 Å². The molecule has 1 fully saturated rings. The number of pyridine rings is 1. The quantitative estimate of drug-likeness (QED) is 0.880. The van der Waals surface area contributed by atoms with Gasteiger partial charge in [-0.1, -0.05) is 24.4 Å². The average molecular weight is 302 g/mol. The molecule has 3 rings (SSSR count). The summed E-state index contributed by atoms with van der Waals surface area (Å²) in [5, 5.41) is 0.954. The van der Waals surface area contributed by atoms with Crippen molar-refractivity contribution in [3.05, 3.63) is 36.0 Å². The second kappa shape index (κ2) is 6.37. The fraction of sp³-hybridized carbons (Fsp3) is 0.375. The summed E-state index contributed by atoms with van der Waals surface area (Å²) in [6.45, 7) is 2.29. The number of thiocarbonyl (C=S) groups is 1. The van der Waals surface area contributed by atoms with Gasteiger partial charge in [-0.05, 0) is 30.9 Å². The Labute approximate surface area is 129 Å². The molecule has 0 atom stereocenters. The molecule has 0 bridgehead atoms. The highest BCUT2D eigenvalue weighted by atomic mass is 32.1. The van der Waals surface area contributed by atoms with E-state index in [-0.39, 0.29) is 0 Å². The van der Waals surface area contributed by atoms with Crippen molar-refractivity contribution in [1.82, 2.24) is 4.98 Å². The van der Waals surface area contributed by atoms with E-state index < -0.39 is 0 Å². The van der Waals surface area contributed by atoms with Crippen LogP contribution in [0.1, 0.15) is 18.4 Å². The summed E-state index contributed by atoms with van der Waals surface area (Å²) in [5.74, 6) is 1.27. The van der Waals surface area contributed by atoms with E-state index in [4.69, 9.17) is 27.4 Å². The number of nitrogens with zero attached hydrogens (tertiary/aromatic N) is 1. The third-order valence-electron chi connectivity index (χ3n) is 3.80. The maximum absolute atomic E-state index is 6.09. The van der Waals surface area contributed by atoms with Gasteiger partial charge in [0, 0.05) is 24.8 Å². The van der Waals surface area contributed by atoms with Crippen LogP contribution in [0.5, 0.6) is 5.75 Å². The van der Waals surface area contributed by atoms with Gasteiger partial charge in [-0.3, -0.25) is 4.98 Å². The van der Waals surface area contributed by atoms with E-state index >= 15 is 0 Å². The van der Waals surface area contributed by atoms with E-state index in [0.717, 1.165) is 42.7 Å². The number of para-hydroxylation sites is 1. The lowest BCUT2D eigenvalue weighted by atomic mass is 10.0. The van der Waals surface area contributed by atoms with Crippen LogP contribution in [0, 0.1) is 5.92 Å². The predicted molar refractivity (Wildman–Crippen MR) is 86.7 cm³/mol. The third kappa shape index (κ3) is 3.14. The normalized spacial score (nSPS) is 16.0. The fourth-order valence-electron chi connectivity index (χ4n) is 2.56. The van der Waals surface area contributed by atoms with Crippen LogP contribution in [0.25, 0.3) is 10.9 Å². The number of fused-ring (bicyclic) bond motifs is 1. The molecule has 110 valence electrons. The summed E-state index contributed by atoms with van der Waals surface area (Å²) < 4.78 is 11.5. The summed E-state index contributed by atoms with van der Waals surface area (Å²) in [4.78, 5) is 4.71. The SMILES string of the molecule is NC(=S)c1cnc2ccccc2c1OCC1CCOCC1. The highest BCUT2D eigenvalue weighted by Crippen LogP contribution is 2.29. The number of aromatic nitrogens is 1. The van der Waals surface area contributed by atoms with Gasteiger partial charge >= 0.3 is 0 Å². The number of hydrogen-bond acceptors (Lipinski definition) is 4. The Bertz CT molecular complexity index is 654. The van der Waals surface area contributed by atoms with Gasteiger partial charge in [0.15, 0.2) is 0 Å². The van der Waals surface area contributed by atoms with E-state index in [1.807, 2.05) is 24.3 Å². The van der Waals surface area contributed by atoms with Crippen molar-refractivity contribution in [2.24, 2.45) is 11.7 Å². The lowest BCUT2D eigenvalue weighted by Crippen LogP contribution is -2.22. The minimum absolute atomic E-state index is 0.315. The zero-order valence-corrected chi connectivity index (χ0v) is 12.6. The first-order chi connectivity index (χ1) is 10.3. The van der Waals surface area contributed by atoms with Crippen molar-refractivity contribution in [2.75, 3.05) is 19.8 Å². The molecule has 0 radical (unpaired) electrons. The molecule has 0 saturated carbocycles. The Morgan fingerprint density at radius 2 is 2.10 bits per heavy atom. The highest BCUT2D eigenvalue weighted by Gasteiger charge is 2.17. The molecule has 4 nitrogen and oxygen atoms in total. The monoisotopic (exact) mass is 302 g/mol. The molecule has 5 heteroatoms. The molecular weight excluding hydrogens is 284 g/mol. The van der Waals surface area contributed by atoms with Gasteiger partial charge in [0.25, 0.3) is 0 Å². The zero-order chi connectivity index (χ0) is 14.7. The Hall–Kier alpha value is -1.72. The van der Waals surface area contributed by atoms with Gasteiger partial charge < -0.3 is 15.2 Å². The standard InChI is InChI=1S/C16H18N2O2S/c17-16(21)13-9-18-14-4-2-1-3-12(14)15(13)20-10-11-5-7-19-8-6-11/h1-4,9,11H,5-8,10H2,(H2,17,21). The van der Waals surface area contributed by atoms with Gasteiger partial charge in [0.1, 0.15) is 10.7 Å². The molecule has 1 aliphatic heterocycles. The van der Waals surface area contributed by atoms with E-state index in [9.17, 15) is 0 Å². The Morgan fingerprint density at radius 3 is 2.86 bits per heavy atom. The molecule has 0 unspecified atom stereocenters. The molecule has 0 spiro atoms. The predicted octanol–water partition coefficient (Wildman–Crippen LogP) is 2.67. The van der Waals surface area contributed by atoms with Crippen molar-refractivity contribution < 1.29 is 9.47 Å². The van der Waals surface area contributed by atoms with E-state index in [1.54, 1.807) is 6.20 Å². The summed E-state index contributed by atoms with van der Waals surface area (Å²) >= 11 is 5.12. The molecule has 2 N–H and O–H groups in total. The Balaban J connectivity index is 1.90. The van der Waals surface area contributed by atoms with E-state index in [1.165, 1.54) is 0 Å². The van der Waals surface area contributed by atoms with Crippen molar-refractivity contribution in [1.29, 1.82) is 0 Å². The Kier molecular flexibility index (Phi) is 4.31. The minimum Gasteiger partial charge on any atom is -0.492 e. The summed E-state index contributed by atoms with van der Waals surface area (Å²) in [6, 6.07) is 7.87.